The summed E-state index contributed by atoms with van der Waals surface area (Å²) >= 11 is 1.76. The molecule has 1 unspecified atom stereocenters. The number of hydrogen-bond donors (Lipinski definition) is 1. The lowest BCUT2D eigenvalue weighted by Crippen LogP contribution is -2.38. The molecule has 5 heteroatoms. The van der Waals surface area contributed by atoms with Gasteiger partial charge in [0.1, 0.15) is 0 Å². The van der Waals surface area contributed by atoms with Crippen molar-refractivity contribution in [2.24, 2.45) is 0 Å². The van der Waals surface area contributed by atoms with Crippen molar-refractivity contribution in [2.75, 3.05) is 31.6 Å². The molecule has 0 aromatic carbocycles. The van der Waals surface area contributed by atoms with Crippen LogP contribution in [0.4, 0.5) is 5.13 Å². The summed E-state index contributed by atoms with van der Waals surface area (Å²) in [5, 5.41) is 6.82. The fraction of sp³-hybridized carbons (Fsp3) is 0.812. The predicted molar refractivity (Wildman–Crippen MR) is 92.2 cm³/mol. The number of nitrogens with zero attached hydrogens (tertiary/aromatic N) is 3. The fourth-order valence-electron chi connectivity index (χ4n) is 2.82. The molecule has 2 rings (SSSR count). The first-order chi connectivity index (χ1) is 9.89. The summed E-state index contributed by atoms with van der Waals surface area (Å²) in [6.07, 6.45) is 2.66. The van der Waals surface area contributed by atoms with E-state index in [0.29, 0.717) is 6.04 Å². The Morgan fingerprint density at radius 2 is 2.24 bits per heavy atom. The molecule has 0 spiro atoms. The Morgan fingerprint density at radius 3 is 2.90 bits per heavy atom. The lowest BCUT2D eigenvalue weighted by molar-refractivity contribution is 0.270. The van der Waals surface area contributed by atoms with Crippen molar-refractivity contribution in [3.8, 4) is 0 Å². The zero-order chi connectivity index (χ0) is 15.5. The Balaban J connectivity index is 1.88. The molecule has 4 nitrogen and oxygen atoms in total. The maximum atomic E-state index is 4.77. The Hall–Kier alpha value is -0.650. The number of hydrogen-bond acceptors (Lipinski definition) is 5. The van der Waals surface area contributed by atoms with Crippen molar-refractivity contribution in [1.29, 1.82) is 0 Å². The van der Waals surface area contributed by atoms with Crippen LogP contribution >= 0.6 is 11.3 Å². The third kappa shape index (κ3) is 4.94. The first kappa shape index (κ1) is 16.7. The summed E-state index contributed by atoms with van der Waals surface area (Å²) < 4.78 is 0. The van der Waals surface area contributed by atoms with Gasteiger partial charge in [0, 0.05) is 37.1 Å². The molecule has 2 heterocycles. The van der Waals surface area contributed by atoms with Gasteiger partial charge in [0.05, 0.1) is 5.69 Å². The molecule has 1 atom stereocenters. The second-order valence-corrected chi connectivity index (χ2v) is 7.87. The maximum Gasteiger partial charge on any atom is 0.185 e. The quantitative estimate of drug-likeness (QED) is 0.875. The van der Waals surface area contributed by atoms with Crippen LogP contribution in [-0.4, -0.2) is 48.1 Å². The number of nitrogens with one attached hydrogen (secondary N) is 1. The second kappa shape index (κ2) is 7.07. The van der Waals surface area contributed by atoms with E-state index < -0.39 is 0 Å². The monoisotopic (exact) mass is 310 g/mol. The molecule has 1 aliphatic heterocycles. The van der Waals surface area contributed by atoms with Gasteiger partial charge in [-0.2, -0.15) is 0 Å². The molecule has 0 amide bonds. The third-order valence-corrected chi connectivity index (χ3v) is 5.06. The van der Waals surface area contributed by atoms with E-state index in [2.05, 4.69) is 55.2 Å². The SMILES string of the molecule is CCN1CCCC1CN(C)c1nc(CNC(C)(C)C)cs1. The molecule has 1 fully saturated rings. The number of rotatable bonds is 6. The molecule has 0 bridgehead atoms. The minimum absolute atomic E-state index is 0.140. The summed E-state index contributed by atoms with van der Waals surface area (Å²) in [4.78, 5) is 9.68. The molecule has 1 saturated heterocycles. The van der Waals surface area contributed by atoms with E-state index in [1.54, 1.807) is 11.3 Å². The topological polar surface area (TPSA) is 31.4 Å². The van der Waals surface area contributed by atoms with Gasteiger partial charge in [0.15, 0.2) is 5.13 Å². The molecule has 0 saturated carbocycles. The van der Waals surface area contributed by atoms with Crippen molar-refractivity contribution < 1.29 is 0 Å². The molecule has 1 aliphatic rings. The largest absolute Gasteiger partial charge is 0.350 e. The van der Waals surface area contributed by atoms with Gasteiger partial charge in [-0.25, -0.2) is 4.98 Å². The number of aromatic nitrogens is 1. The van der Waals surface area contributed by atoms with Crippen LogP contribution in [0.2, 0.25) is 0 Å². The average Bonchev–Trinajstić information content (AvgIpc) is 3.03. The van der Waals surface area contributed by atoms with Crippen LogP contribution in [-0.2, 0) is 6.54 Å². The van der Waals surface area contributed by atoms with Crippen LogP contribution < -0.4 is 10.2 Å². The fourth-order valence-corrected chi connectivity index (χ4v) is 3.62. The van der Waals surface area contributed by atoms with Crippen LogP contribution in [0.25, 0.3) is 0 Å². The van der Waals surface area contributed by atoms with E-state index in [-0.39, 0.29) is 5.54 Å². The van der Waals surface area contributed by atoms with Crippen molar-refractivity contribution in [3.05, 3.63) is 11.1 Å². The van der Waals surface area contributed by atoms with Gasteiger partial charge in [-0.05, 0) is 46.7 Å². The van der Waals surface area contributed by atoms with Gasteiger partial charge >= 0.3 is 0 Å². The molecular weight excluding hydrogens is 280 g/mol. The van der Waals surface area contributed by atoms with Crippen LogP contribution in [0, 0.1) is 0 Å². The average molecular weight is 311 g/mol. The highest BCUT2D eigenvalue weighted by atomic mass is 32.1. The van der Waals surface area contributed by atoms with Gasteiger partial charge in [0.25, 0.3) is 0 Å². The van der Waals surface area contributed by atoms with E-state index in [1.165, 1.54) is 19.4 Å². The molecule has 1 aromatic heterocycles. The highest BCUT2D eigenvalue weighted by Gasteiger charge is 2.24. The van der Waals surface area contributed by atoms with E-state index in [1.807, 2.05) is 0 Å². The molecule has 1 aromatic rings. The first-order valence-electron chi connectivity index (χ1n) is 8.03. The van der Waals surface area contributed by atoms with E-state index in [0.717, 1.165) is 30.5 Å². The molecule has 1 N–H and O–H groups in total. The smallest absolute Gasteiger partial charge is 0.185 e. The zero-order valence-corrected chi connectivity index (χ0v) is 15.0. The summed E-state index contributed by atoms with van der Waals surface area (Å²) in [6.45, 7) is 13.2. The molecule has 21 heavy (non-hydrogen) atoms. The first-order valence-corrected chi connectivity index (χ1v) is 8.91. The van der Waals surface area contributed by atoms with E-state index in [4.69, 9.17) is 4.98 Å². The summed E-state index contributed by atoms with van der Waals surface area (Å²) in [7, 11) is 2.17. The maximum absolute atomic E-state index is 4.77. The van der Waals surface area contributed by atoms with Crippen LogP contribution in [0.3, 0.4) is 0 Å². The Labute approximate surface area is 133 Å². The highest BCUT2D eigenvalue weighted by Crippen LogP contribution is 2.23. The van der Waals surface area contributed by atoms with Gasteiger partial charge in [0.2, 0.25) is 0 Å². The van der Waals surface area contributed by atoms with Gasteiger partial charge < -0.3 is 10.2 Å². The molecule has 0 aliphatic carbocycles. The van der Waals surface area contributed by atoms with Gasteiger partial charge in [-0.15, -0.1) is 11.3 Å². The predicted octanol–water partition coefficient (Wildman–Crippen LogP) is 2.95. The van der Waals surface area contributed by atoms with Crippen molar-refractivity contribution in [2.45, 2.75) is 58.7 Å². The summed E-state index contributed by atoms with van der Waals surface area (Å²) in [5.74, 6) is 0. The normalized spacial score (nSPS) is 20.1. The highest BCUT2D eigenvalue weighted by molar-refractivity contribution is 7.13. The van der Waals surface area contributed by atoms with E-state index >= 15 is 0 Å². The molecule has 0 radical (unpaired) electrons. The zero-order valence-electron chi connectivity index (χ0n) is 14.1. The standard InChI is InChI=1S/C16H30N4S/c1-6-20-9-7-8-14(20)11-19(5)15-18-13(12-21-15)10-17-16(2,3)4/h12,14,17H,6-11H2,1-5H3. The lowest BCUT2D eigenvalue weighted by atomic mass is 10.1. The summed E-state index contributed by atoms with van der Waals surface area (Å²) in [6, 6.07) is 0.694. The molecular formula is C16H30N4S. The van der Waals surface area contributed by atoms with E-state index in [9.17, 15) is 0 Å². The minimum Gasteiger partial charge on any atom is -0.350 e. The minimum atomic E-state index is 0.140. The van der Waals surface area contributed by atoms with Crippen molar-refractivity contribution in [1.82, 2.24) is 15.2 Å². The lowest BCUT2D eigenvalue weighted by Gasteiger charge is -2.27. The Bertz CT molecular complexity index is 438. The van der Waals surface area contributed by atoms with Crippen molar-refractivity contribution in [3.63, 3.8) is 0 Å². The number of thiazole rings is 1. The molecule has 120 valence electrons. The van der Waals surface area contributed by atoms with Crippen LogP contribution in [0.1, 0.15) is 46.2 Å². The Kier molecular flexibility index (Phi) is 5.63. The number of likely N-dealkylation sites (tertiary alicyclic amines) is 1. The van der Waals surface area contributed by atoms with Gasteiger partial charge in [-0.3, -0.25) is 4.90 Å². The second-order valence-electron chi connectivity index (χ2n) is 7.03. The number of likely N-dealkylation sites (N-methyl/N-ethyl adjacent to an activating group) is 2. The third-order valence-electron chi connectivity index (χ3n) is 4.06. The Morgan fingerprint density at radius 1 is 1.48 bits per heavy atom. The number of anilines is 1. The summed E-state index contributed by atoms with van der Waals surface area (Å²) in [5.41, 5.74) is 1.29. The van der Waals surface area contributed by atoms with Crippen LogP contribution in [0.5, 0.6) is 0 Å². The van der Waals surface area contributed by atoms with Crippen molar-refractivity contribution >= 4 is 16.5 Å². The van der Waals surface area contributed by atoms with Crippen LogP contribution in [0.15, 0.2) is 5.38 Å². The van der Waals surface area contributed by atoms with Gasteiger partial charge in [-0.1, -0.05) is 6.92 Å².